The van der Waals surface area contributed by atoms with E-state index in [4.69, 9.17) is 19.2 Å². The van der Waals surface area contributed by atoms with E-state index in [1.54, 1.807) is 43.6 Å². The van der Waals surface area contributed by atoms with E-state index in [1.165, 1.54) is 11.8 Å². The number of benzene rings is 1. The van der Waals surface area contributed by atoms with Crippen molar-refractivity contribution >= 4 is 29.3 Å². The van der Waals surface area contributed by atoms with Crippen LogP contribution in [0, 0.1) is 11.5 Å². The molecule has 0 spiro atoms. The lowest BCUT2D eigenvalue weighted by Crippen LogP contribution is -2.53. The molecule has 158 valence electrons. The SMILES string of the molecule is COc1ccc(N=C(NC#N)N2CCN(C(=O)c3nnc(SC)o3)CC2)cc1OC. The van der Waals surface area contributed by atoms with Gasteiger partial charge in [-0.1, -0.05) is 11.8 Å². The van der Waals surface area contributed by atoms with Crippen LogP contribution in [-0.2, 0) is 0 Å². The van der Waals surface area contributed by atoms with E-state index in [0.29, 0.717) is 54.5 Å². The second-order valence-corrected chi connectivity index (χ2v) is 6.83. The number of guanidine groups is 1. The van der Waals surface area contributed by atoms with Gasteiger partial charge in [-0.3, -0.25) is 10.1 Å². The standard InChI is InChI=1S/C18H21N7O4S/c1-27-13-5-4-12(10-14(13)28-2)21-17(20-11-19)25-8-6-24(7-9-25)16(26)15-22-23-18(29-15)30-3/h4-5,10H,6-9H2,1-3H3,(H,20,21). The zero-order valence-corrected chi connectivity index (χ0v) is 17.6. The molecule has 1 aromatic carbocycles. The molecular weight excluding hydrogens is 410 g/mol. The Kier molecular flexibility index (Phi) is 6.97. The monoisotopic (exact) mass is 431 g/mol. The third-order valence-corrected chi connectivity index (χ3v) is 4.91. The van der Waals surface area contributed by atoms with Crippen LogP contribution >= 0.6 is 11.8 Å². The molecule has 0 saturated carbocycles. The maximum atomic E-state index is 12.5. The summed E-state index contributed by atoms with van der Waals surface area (Å²) >= 11 is 1.28. The molecule has 30 heavy (non-hydrogen) atoms. The smallest absolute Gasteiger partial charge is 0.311 e. The van der Waals surface area contributed by atoms with Crippen molar-refractivity contribution in [1.82, 2.24) is 25.3 Å². The first-order valence-electron chi connectivity index (χ1n) is 8.97. The number of hydrogen-bond donors (Lipinski definition) is 1. The van der Waals surface area contributed by atoms with Crippen LogP contribution in [0.15, 0.2) is 32.8 Å². The van der Waals surface area contributed by atoms with Crippen molar-refractivity contribution in [3.05, 3.63) is 24.1 Å². The first-order chi connectivity index (χ1) is 14.6. The number of aliphatic imine (C=N–C) groups is 1. The van der Waals surface area contributed by atoms with Crippen molar-refractivity contribution in [3.8, 4) is 17.7 Å². The molecule has 2 heterocycles. The Morgan fingerprint density at radius 1 is 1.20 bits per heavy atom. The van der Waals surface area contributed by atoms with Crippen LogP contribution in [0.2, 0.25) is 0 Å². The summed E-state index contributed by atoms with van der Waals surface area (Å²) in [5, 5.41) is 19.7. The Morgan fingerprint density at radius 3 is 2.50 bits per heavy atom. The third kappa shape index (κ3) is 4.74. The van der Waals surface area contributed by atoms with Crippen LogP contribution in [0.4, 0.5) is 5.69 Å². The third-order valence-electron chi connectivity index (χ3n) is 4.40. The number of carbonyl (C=O) groups excluding carboxylic acids is 1. The summed E-state index contributed by atoms with van der Waals surface area (Å²) in [5.41, 5.74) is 0.597. The normalized spacial score (nSPS) is 14.3. The average Bonchev–Trinajstić information content (AvgIpc) is 3.27. The van der Waals surface area contributed by atoms with E-state index in [9.17, 15) is 4.79 Å². The summed E-state index contributed by atoms with van der Waals surface area (Å²) in [6, 6.07) is 5.22. The van der Waals surface area contributed by atoms with Gasteiger partial charge in [0.05, 0.1) is 19.9 Å². The molecule has 0 unspecified atom stereocenters. The van der Waals surface area contributed by atoms with Crippen LogP contribution in [-0.4, -0.2) is 78.5 Å². The highest BCUT2D eigenvalue weighted by molar-refractivity contribution is 7.98. The van der Waals surface area contributed by atoms with Crippen molar-refractivity contribution in [2.24, 2.45) is 4.99 Å². The molecule has 12 heteroatoms. The maximum Gasteiger partial charge on any atom is 0.311 e. The van der Waals surface area contributed by atoms with Crippen molar-refractivity contribution in [2.75, 3.05) is 46.7 Å². The summed E-state index contributed by atoms with van der Waals surface area (Å²) < 4.78 is 15.8. The van der Waals surface area contributed by atoms with E-state index < -0.39 is 0 Å². The molecule has 0 bridgehead atoms. The van der Waals surface area contributed by atoms with Crippen LogP contribution in [0.1, 0.15) is 10.7 Å². The summed E-state index contributed by atoms with van der Waals surface area (Å²) in [6.07, 6.45) is 3.70. The number of nitrogens with zero attached hydrogens (tertiary/aromatic N) is 6. The van der Waals surface area contributed by atoms with Crippen LogP contribution in [0.25, 0.3) is 0 Å². The van der Waals surface area contributed by atoms with Gasteiger partial charge in [-0.25, -0.2) is 4.99 Å². The fraction of sp³-hybridized carbons (Fsp3) is 0.389. The number of hydrogen-bond acceptors (Lipinski definition) is 9. The number of nitrogens with one attached hydrogen (secondary N) is 1. The minimum atomic E-state index is -0.311. The molecule has 0 radical (unpaired) electrons. The van der Waals surface area contributed by atoms with Gasteiger partial charge in [0, 0.05) is 32.2 Å². The van der Waals surface area contributed by atoms with Gasteiger partial charge in [-0.05, 0) is 18.4 Å². The molecule has 11 nitrogen and oxygen atoms in total. The number of methoxy groups -OCH3 is 2. The number of aromatic nitrogens is 2. The zero-order chi connectivity index (χ0) is 21.5. The molecule has 1 fully saturated rings. The molecule has 1 aliphatic rings. The predicted octanol–water partition coefficient (Wildman–Crippen LogP) is 1.32. The van der Waals surface area contributed by atoms with Crippen molar-refractivity contribution < 1.29 is 18.7 Å². The molecule has 1 saturated heterocycles. The Morgan fingerprint density at radius 2 is 1.90 bits per heavy atom. The number of piperazine rings is 1. The van der Waals surface area contributed by atoms with Crippen molar-refractivity contribution in [1.29, 1.82) is 5.26 Å². The Balaban J connectivity index is 1.70. The second kappa shape index (κ2) is 9.84. The van der Waals surface area contributed by atoms with Gasteiger partial charge >= 0.3 is 11.8 Å². The van der Waals surface area contributed by atoms with Gasteiger partial charge < -0.3 is 23.7 Å². The highest BCUT2D eigenvalue weighted by Crippen LogP contribution is 2.31. The lowest BCUT2D eigenvalue weighted by Gasteiger charge is -2.35. The summed E-state index contributed by atoms with van der Waals surface area (Å²) in [5.74, 6) is 1.18. The zero-order valence-electron chi connectivity index (χ0n) is 16.8. The lowest BCUT2D eigenvalue weighted by atomic mass is 10.3. The minimum absolute atomic E-state index is 0.0258. The van der Waals surface area contributed by atoms with E-state index in [-0.39, 0.29) is 11.8 Å². The summed E-state index contributed by atoms with van der Waals surface area (Å²) in [7, 11) is 3.10. The van der Waals surface area contributed by atoms with Gasteiger partial charge in [0.2, 0.25) is 5.96 Å². The number of amides is 1. The highest BCUT2D eigenvalue weighted by Gasteiger charge is 2.27. The summed E-state index contributed by atoms with van der Waals surface area (Å²) in [6.45, 7) is 1.81. The first kappa shape index (κ1) is 21.3. The second-order valence-electron chi connectivity index (χ2n) is 6.07. The maximum absolute atomic E-state index is 12.5. The van der Waals surface area contributed by atoms with Crippen LogP contribution in [0.5, 0.6) is 11.5 Å². The lowest BCUT2D eigenvalue weighted by molar-refractivity contribution is 0.0645. The molecular formula is C18H21N7O4S. The average molecular weight is 431 g/mol. The van der Waals surface area contributed by atoms with Gasteiger partial charge in [-0.2, -0.15) is 5.26 Å². The van der Waals surface area contributed by atoms with Gasteiger partial charge in [-0.15, -0.1) is 10.2 Å². The number of ether oxygens (including phenoxy) is 2. The first-order valence-corrected chi connectivity index (χ1v) is 10.2. The van der Waals surface area contributed by atoms with Crippen molar-refractivity contribution in [3.63, 3.8) is 0 Å². The topological polar surface area (TPSA) is 129 Å². The minimum Gasteiger partial charge on any atom is -0.493 e. The Bertz CT molecular complexity index is 964. The molecule has 0 aliphatic carbocycles. The fourth-order valence-electron chi connectivity index (χ4n) is 2.88. The molecule has 1 aliphatic heterocycles. The fourth-order valence-corrected chi connectivity index (χ4v) is 3.16. The quantitative estimate of drug-likeness (QED) is 0.243. The molecule has 1 amide bonds. The van der Waals surface area contributed by atoms with Crippen LogP contribution in [0.3, 0.4) is 0 Å². The van der Waals surface area contributed by atoms with E-state index in [1.807, 2.05) is 11.1 Å². The molecule has 3 rings (SSSR count). The number of nitriles is 1. The van der Waals surface area contributed by atoms with Crippen molar-refractivity contribution in [2.45, 2.75) is 5.22 Å². The largest absolute Gasteiger partial charge is 0.493 e. The Hall–Kier alpha value is -3.46. The number of thioether (sulfide) groups is 1. The predicted molar refractivity (Wildman–Crippen MR) is 109 cm³/mol. The van der Waals surface area contributed by atoms with Gasteiger partial charge in [0.15, 0.2) is 17.7 Å². The Labute approximate surface area is 177 Å². The molecule has 2 aromatic rings. The van der Waals surface area contributed by atoms with Gasteiger partial charge in [0.1, 0.15) is 0 Å². The van der Waals surface area contributed by atoms with E-state index in [2.05, 4.69) is 20.5 Å². The van der Waals surface area contributed by atoms with E-state index in [0.717, 1.165) is 0 Å². The van der Waals surface area contributed by atoms with E-state index >= 15 is 0 Å². The molecule has 0 atom stereocenters. The highest BCUT2D eigenvalue weighted by atomic mass is 32.2. The summed E-state index contributed by atoms with van der Waals surface area (Å²) in [4.78, 5) is 20.6. The number of carbonyl (C=O) groups is 1. The molecule has 1 aromatic heterocycles. The molecule has 1 N–H and O–H groups in total. The van der Waals surface area contributed by atoms with Gasteiger partial charge in [0.25, 0.3) is 5.22 Å². The number of rotatable bonds is 5. The van der Waals surface area contributed by atoms with Crippen LogP contribution < -0.4 is 14.8 Å².